The first-order valence-corrected chi connectivity index (χ1v) is 3.76. The average molecular weight is 146 g/mol. The molecule has 0 radical (unpaired) electrons. The van der Waals surface area contributed by atoms with Crippen molar-refractivity contribution in [1.82, 2.24) is 0 Å². The van der Waals surface area contributed by atoms with E-state index in [-0.39, 0.29) is 6.10 Å². The average Bonchev–Trinajstić information content (AvgIpc) is 2.01. The summed E-state index contributed by atoms with van der Waals surface area (Å²) in [5.74, 6) is 0. The van der Waals surface area contributed by atoms with Crippen molar-refractivity contribution in [3.63, 3.8) is 0 Å². The molecule has 0 fully saturated rings. The van der Waals surface area contributed by atoms with Gasteiger partial charge in [0.2, 0.25) is 0 Å². The Balaban J connectivity index is 2.22. The third-order valence-electron chi connectivity index (χ3n) is 2.07. The van der Waals surface area contributed by atoms with Crippen LogP contribution in [0.5, 0.6) is 0 Å². The molecule has 1 aliphatic carbocycles. The maximum absolute atomic E-state index is 5.27. The van der Waals surface area contributed by atoms with Gasteiger partial charge >= 0.3 is 0 Å². The largest absolute Gasteiger partial charge is 0.494 e. The van der Waals surface area contributed by atoms with Gasteiger partial charge < -0.3 is 4.74 Å². The van der Waals surface area contributed by atoms with Gasteiger partial charge in [-0.3, -0.25) is 0 Å². The van der Waals surface area contributed by atoms with Crippen LogP contribution in [-0.2, 0) is 11.2 Å². The highest BCUT2D eigenvalue weighted by Crippen LogP contribution is 2.35. The smallest absolute Gasteiger partial charge is 0.127 e. The minimum atomic E-state index is 0.267. The normalized spacial score (nSPS) is 19.8. The number of ether oxygens (including phenoxy) is 1. The monoisotopic (exact) mass is 146 g/mol. The highest BCUT2D eigenvalue weighted by atomic mass is 16.5. The van der Waals surface area contributed by atoms with E-state index in [9.17, 15) is 0 Å². The second kappa shape index (κ2) is 2.42. The first-order chi connectivity index (χ1) is 5.42. The van der Waals surface area contributed by atoms with E-state index in [0.29, 0.717) is 0 Å². The summed E-state index contributed by atoms with van der Waals surface area (Å²) >= 11 is 0. The topological polar surface area (TPSA) is 9.23 Å². The molecule has 1 nitrogen and oxygen atoms in total. The van der Waals surface area contributed by atoms with Gasteiger partial charge in [0, 0.05) is 6.42 Å². The fraction of sp³-hybridized carbons (Fsp3) is 0.200. The second-order valence-corrected chi connectivity index (χ2v) is 2.69. The van der Waals surface area contributed by atoms with Crippen LogP contribution in [0.4, 0.5) is 0 Å². The Morgan fingerprint density at radius 2 is 2.27 bits per heavy atom. The predicted molar refractivity (Wildman–Crippen MR) is 44.2 cm³/mol. The zero-order valence-corrected chi connectivity index (χ0v) is 6.29. The van der Waals surface area contributed by atoms with E-state index in [4.69, 9.17) is 4.74 Å². The minimum Gasteiger partial charge on any atom is -0.494 e. The molecular weight excluding hydrogens is 136 g/mol. The van der Waals surface area contributed by atoms with Crippen LogP contribution in [0.15, 0.2) is 37.1 Å². The van der Waals surface area contributed by atoms with Crippen LogP contribution in [0.3, 0.4) is 0 Å². The van der Waals surface area contributed by atoms with E-state index in [2.05, 4.69) is 24.8 Å². The van der Waals surface area contributed by atoms with E-state index < -0.39 is 0 Å². The third kappa shape index (κ3) is 0.929. The molecule has 0 aromatic heterocycles. The first-order valence-electron chi connectivity index (χ1n) is 3.76. The number of hydrogen-bond donors (Lipinski definition) is 0. The Kier molecular flexibility index (Phi) is 1.42. The van der Waals surface area contributed by atoms with Gasteiger partial charge in [-0.2, -0.15) is 0 Å². The molecule has 0 aliphatic heterocycles. The number of benzene rings is 1. The Morgan fingerprint density at radius 1 is 1.45 bits per heavy atom. The lowest BCUT2D eigenvalue weighted by Crippen LogP contribution is -2.17. The van der Waals surface area contributed by atoms with E-state index in [1.54, 1.807) is 0 Å². The first kappa shape index (κ1) is 6.47. The maximum Gasteiger partial charge on any atom is 0.127 e. The van der Waals surface area contributed by atoms with Gasteiger partial charge in [-0.15, -0.1) is 0 Å². The Hall–Kier alpha value is -1.24. The maximum atomic E-state index is 5.27. The fourth-order valence-corrected chi connectivity index (χ4v) is 1.45. The van der Waals surface area contributed by atoms with Crippen molar-refractivity contribution in [1.29, 1.82) is 0 Å². The third-order valence-corrected chi connectivity index (χ3v) is 2.07. The highest BCUT2D eigenvalue weighted by Gasteiger charge is 2.25. The number of rotatable bonds is 2. The van der Waals surface area contributed by atoms with Crippen molar-refractivity contribution in [2.75, 3.05) is 0 Å². The van der Waals surface area contributed by atoms with Crippen LogP contribution in [0.25, 0.3) is 0 Å². The van der Waals surface area contributed by atoms with Crippen LogP contribution in [0.2, 0.25) is 0 Å². The van der Waals surface area contributed by atoms with E-state index in [1.165, 1.54) is 17.4 Å². The SMILES string of the molecule is C=COC1Cc2ccccc21. The van der Waals surface area contributed by atoms with E-state index >= 15 is 0 Å². The van der Waals surface area contributed by atoms with Crippen molar-refractivity contribution in [3.05, 3.63) is 48.2 Å². The quantitative estimate of drug-likeness (QED) is 0.582. The molecule has 1 unspecified atom stereocenters. The van der Waals surface area contributed by atoms with Gasteiger partial charge in [0.1, 0.15) is 6.10 Å². The second-order valence-electron chi connectivity index (χ2n) is 2.69. The Morgan fingerprint density at radius 3 is 3.00 bits per heavy atom. The molecule has 1 aliphatic rings. The Bertz CT molecular complexity index is 278. The van der Waals surface area contributed by atoms with Crippen LogP contribution in [-0.4, -0.2) is 0 Å². The fourth-order valence-electron chi connectivity index (χ4n) is 1.45. The lowest BCUT2D eigenvalue weighted by Gasteiger charge is -2.28. The van der Waals surface area contributed by atoms with Crippen LogP contribution in [0.1, 0.15) is 17.2 Å². The van der Waals surface area contributed by atoms with E-state index in [0.717, 1.165) is 6.42 Å². The van der Waals surface area contributed by atoms with Gasteiger partial charge in [0.25, 0.3) is 0 Å². The van der Waals surface area contributed by atoms with Gasteiger partial charge in [-0.25, -0.2) is 0 Å². The van der Waals surface area contributed by atoms with Crippen LogP contribution >= 0.6 is 0 Å². The molecule has 0 amide bonds. The summed E-state index contributed by atoms with van der Waals surface area (Å²) in [6.45, 7) is 3.53. The Labute approximate surface area is 66.3 Å². The lowest BCUT2D eigenvalue weighted by molar-refractivity contribution is 0.125. The van der Waals surface area contributed by atoms with Crippen LogP contribution in [0, 0.1) is 0 Å². The van der Waals surface area contributed by atoms with Crippen molar-refractivity contribution in [3.8, 4) is 0 Å². The van der Waals surface area contributed by atoms with Crippen LogP contribution < -0.4 is 0 Å². The highest BCUT2D eigenvalue weighted by molar-refractivity contribution is 5.38. The zero-order chi connectivity index (χ0) is 7.68. The molecular formula is C10H10O. The van der Waals surface area contributed by atoms with Gasteiger partial charge in [-0.1, -0.05) is 30.8 Å². The van der Waals surface area contributed by atoms with Crippen molar-refractivity contribution < 1.29 is 4.74 Å². The summed E-state index contributed by atoms with van der Waals surface area (Å²) in [6.07, 6.45) is 2.81. The minimum absolute atomic E-state index is 0.267. The number of hydrogen-bond acceptors (Lipinski definition) is 1. The molecule has 1 aromatic rings. The van der Waals surface area contributed by atoms with E-state index in [1.807, 2.05) is 6.07 Å². The molecule has 0 saturated heterocycles. The van der Waals surface area contributed by atoms with Crippen molar-refractivity contribution in [2.45, 2.75) is 12.5 Å². The van der Waals surface area contributed by atoms with Gasteiger partial charge in [-0.05, 0) is 11.1 Å². The molecule has 1 aromatic carbocycles. The molecule has 0 bridgehead atoms. The molecule has 1 heteroatoms. The summed E-state index contributed by atoms with van der Waals surface area (Å²) in [5.41, 5.74) is 2.71. The molecule has 0 heterocycles. The summed E-state index contributed by atoms with van der Waals surface area (Å²) in [4.78, 5) is 0. The van der Waals surface area contributed by atoms with Crippen molar-refractivity contribution >= 4 is 0 Å². The molecule has 0 N–H and O–H groups in total. The molecule has 56 valence electrons. The predicted octanol–water partition coefficient (Wildman–Crippen LogP) is 2.44. The molecule has 0 saturated carbocycles. The summed E-state index contributed by atoms with van der Waals surface area (Å²) in [5, 5.41) is 0. The summed E-state index contributed by atoms with van der Waals surface area (Å²) in [6, 6.07) is 8.34. The standard InChI is InChI=1S/C10H10O/c1-2-11-10-7-8-5-3-4-6-9(8)10/h2-6,10H,1,7H2. The molecule has 1 atom stereocenters. The summed E-state index contributed by atoms with van der Waals surface area (Å²) in [7, 11) is 0. The van der Waals surface area contributed by atoms with Gasteiger partial charge in [0.05, 0.1) is 6.26 Å². The molecule has 0 spiro atoms. The molecule has 2 rings (SSSR count). The summed E-state index contributed by atoms with van der Waals surface area (Å²) < 4.78 is 5.27. The van der Waals surface area contributed by atoms with Gasteiger partial charge in [0.15, 0.2) is 0 Å². The lowest BCUT2D eigenvalue weighted by atomic mass is 9.86. The molecule has 11 heavy (non-hydrogen) atoms. The zero-order valence-electron chi connectivity index (χ0n) is 6.29. The van der Waals surface area contributed by atoms with Crippen molar-refractivity contribution in [2.24, 2.45) is 0 Å². The number of fused-ring (bicyclic) bond motifs is 1.